The molecule has 12 nitrogen and oxygen atoms in total. The Morgan fingerprint density at radius 1 is 0.864 bits per heavy atom. The molecule has 1 aliphatic heterocycles. The van der Waals surface area contributed by atoms with Gasteiger partial charge in [-0.1, -0.05) is 50.1 Å². The highest BCUT2D eigenvalue weighted by Crippen LogP contribution is 2.26. The Bertz CT molecular complexity index is 1530. The van der Waals surface area contributed by atoms with Crippen molar-refractivity contribution in [3.8, 4) is 0 Å². The lowest BCUT2D eigenvalue weighted by molar-refractivity contribution is -0.0327. The van der Waals surface area contributed by atoms with E-state index in [4.69, 9.17) is 11.8 Å². The van der Waals surface area contributed by atoms with E-state index in [2.05, 4.69) is 56.4 Å². The highest BCUT2D eigenvalue weighted by Gasteiger charge is 2.34. The van der Waals surface area contributed by atoms with Crippen molar-refractivity contribution in [3.05, 3.63) is 114 Å². The van der Waals surface area contributed by atoms with Gasteiger partial charge in [0.05, 0.1) is 37.5 Å². The Hall–Kier alpha value is -4.45. The molecule has 4 rings (SSSR count). The molecule has 3 aromatic rings. The smallest absolute Gasteiger partial charge is 0.337 e. The Morgan fingerprint density at radius 2 is 1.32 bits per heavy atom. The van der Waals surface area contributed by atoms with Crippen molar-refractivity contribution in [1.82, 2.24) is 5.06 Å². The first-order chi connectivity index (χ1) is 20.6. The second-order valence-corrected chi connectivity index (χ2v) is 11.2. The van der Waals surface area contributed by atoms with E-state index in [1.165, 1.54) is 32.4 Å². The summed E-state index contributed by atoms with van der Waals surface area (Å²) < 4.78 is 10.8. The number of methoxy groups -OCH3 is 2. The van der Waals surface area contributed by atoms with Crippen LogP contribution < -0.4 is 0 Å². The predicted octanol–water partition coefficient (Wildman–Crippen LogP) is 7.49. The highest BCUT2D eigenvalue weighted by atomic mass is 79.9. The van der Waals surface area contributed by atoms with Crippen LogP contribution in [0.1, 0.15) is 67.8 Å². The standard InChI is InChI=1S/C9H6BrNO2.C9H9BrO2.C8H5NO3.C4H9NO2/c1-11-8-5-6(9(12)13-2)3-4-7(8)10;1-6-5-7(9(11)12-2)3-4-8(6)10;10-7-5-3-1-2-4-6(5)8(11)9(7)12;1-4(2,3)7-5-6/h3-5H,2H3;3-5H,1-2H3;1-4,12H;1-3H3. The molecule has 14 heteroatoms. The molecule has 0 aromatic heterocycles. The molecule has 0 spiro atoms. The third kappa shape index (κ3) is 11.3. The number of carbonyl (C=O) groups excluding carboxylic acids is 4. The summed E-state index contributed by atoms with van der Waals surface area (Å²) in [5.41, 5.74) is 2.48. The molecule has 0 bridgehead atoms. The summed E-state index contributed by atoms with van der Waals surface area (Å²) in [5, 5.41) is 11.3. The SMILES string of the molecule is CC(C)(C)ON=O.COC(=O)c1ccc(Br)c(C)c1.O=C1c2ccccc2C(=O)N1O.[C-]#[N+]c1cc(C(=O)OC)ccc1Br. The molecule has 0 unspecified atom stereocenters. The van der Waals surface area contributed by atoms with Gasteiger partial charge in [0.25, 0.3) is 11.8 Å². The molecule has 0 saturated heterocycles. The Labute approximate surface area is 270 Å². The molecule has 232 valence electrons. The van der Waals surface area contributed by atoms with Crippen molar-refractivity contribution < 1.29 is 38.7 Å². The summed E-state index contributed by atoms with van der Waals surface area (Å²) in [5.74, 6) is -2.05. The molecule has 0 fully saturated rings. The summed E-state index contributed by atoms with van der Waals surface area (Å²) in [6, 6.07) is 16.4. The van der Waals surface area contributed by atoms with E-state index < -0.39 is 23.4 Å². The van der Waals surface area contributed by atoms with Gasteiger partial charge in [0.15, 0.2) is 5.34 Å². The maximum Gasteiger partial charge on any atom is 0.337 e. The van der Waals surface area contributed by atoms with Gasteiger partial charge in [-0.25, -0.2) is 14.4 Å². The minimum atomic E-state index is -0.657. The Kier molecular flexibility index (Phi) is 15.0. The normalized spacial score (nSPS) is 11.1. The van der Waals surface area contributed by atoms with E-state index in [9.17, 15) is 24.1 Å². The van der Waals surface area contributed by atoms with Gasteiger partial charge < -0.3 is 14.3 Å². The van der Waals surface area contributed by atoms with Gasteiger partial charge in [-0.3, -0.25) is 14.8 Å². The summed E-state index contributed by atoms with van der Waals surface area (Å²) in [6.07, 6.45) is 0. The van der Waals surface area contributed by atoms with Crippen molar-refractivity contribution in [3.63, 3.8) is 0 Å². The highest BCUT2D eigenvalue weighted by molar-refractivity contribution is 9.10. The molecular formula is C30H29Br2N3O9. The number of hydroxylamine groups is 2. The number of carbonyl (C=O) groups is 4. The van der Waals surface area contributed by atoms with E-state index in [0.29, 0.717) is 21.3 Å². The average molecular weight is 735 g/mol. The first kappa shape index (κ1) is 37.6. The predicted molar refractivity (Wildman–Crippen MR) is 167 cm³/mol. The van der Waals surface area contributed by atoms with Gasteiger partial charge >= 0.3 is 11.9 Å². The molecule has 2 amide bonds. The second-order valence-electron chi connectivity index (χ2n) is 9.47. The second kappa shape index (κ2) is 17.6. The summed E-state index contributed by atoms with van der Waals surface area (Å²) in [4.78, 5) is 61.1. The zero-order chi connectivity index (χ0) is 33.6. The number of aryl methyl sites for hydroxylation is 1. The fourth-order valence-electron chi connectivity index (χ4n) is 3.02. The van der Waals surface area contributed by atoms with Gasteiger partial charge in [-0.05, 0) is 75.7 Å². The van der Waals surface area contributed by atoms with Crippen molar-refractivity contribution in [2.45, 2.75) is 33.3 Å². The topological polar surface area (TPSA) is 153 Å². The molecule has 1 heterocycles. The lowest BCUT2D eigenvalue weighted by Crippen LogP contribution is -2.25. The number of amides is 2. The van der Waals surface area contributed by atoms with Gasteiger partial charge in [-0.2, -0.15) is 0 Å². The van der Waals surface area contributed by atoms with E-state index >= 15 is 0 Å². The number of esters is 2. The number of rotatable bonds is 3. The third-order valence-corrected chi connectivity index (χ3v) is 6.71. The lowest BCUT2D eigenvalue weighted by atomic mass is 10.1. The van der Waals surface area contributed by atoms with Crippen LogP contribution in [-0.4, -0.2) is 53.8 Å². The number of hydrogen-bond acceptors (Lipinski definition) is 10. The molecule has 0 atom stereocenters. The van der Waals surface area contributed by atoms with Gasteiger partial charge in [-0.15, -0.1) is 9.97 Å². The van der Waals surface area contributed by atoms with E-state index in [-0.39, 0.29) is 22.2 Å². The maximum absolute atomic E-state index is 11.1. The lowest BCUT2D eigenvalue weighted by Gasteiger charge is -2.11. The van der Waals surface area contributed by atoms with Crippen LogP contribution in [0.3, 0.4) is 0 Å². The first-order valence-corrected chi connectivity index (χ1v) is 14.0. The largest absolute Gasteiger partial charge is 0.465 e. The minimum absolute atomic E-state index is 0.130. The fraction of sp³-hybridized carbons (Fsp3) is 0.233. The average Bonchev–Trinajstić information content (AvgIpc) is 3.22. The molecular weight excluding hydrogens is 706 g/mol. The summed E-state index contributed by atoms with van der Waals surface area (Å²) in [6.45, 7) is 14.0. The zero-order valence-corrected chi connectivity index (χ0v) is 27.8. The molecule has 0 saturated carbocycles. The minimum Gasteiger partial charge on any atom is -0.465 e. The summed E-state index contributed by atoms with van der Waals surface area (Å²) in [7, 11) is 2.68. The van der Waals surface area contributed by atoms with Crippen LogP contribution >= 0.6 is 31.9 Å². The van der Waals surface area contributed by atoms with Crippen LogP contribution in [0.4, 0.5) is 5.69 Å². The number of benzene rings is 3. The van der Waals surface area contributed by atoms with Crippen LogP contribution in [0.25, 0.3) is 4.85 Å². The number of nitrogens with zero attached hydrogens (tertiary/aromatic N) is 3. The first-order valence-electron chi connectivity index (χ1n) is 12.4. The van der Waals surface area contributed by atoms with Crippen molar-refractivity contribution in [2.75, 3.05) is 14.2 Å². The van der Waals surface area contributed by atoms with Crippen molar-refractivity contribution in [1.29, 1.82) is 0 Å². The molecule has 3 aromatic carbocycles. The number of hydrogen-bond donors (Lipinski definition) is 1. The fourth-order valence-corrected chi connectivity index (χ4v) is 3.60. The zero-order valence-electron chi connectivity index (χ0n) is 24.6. The number of imide groups is 1. The quantitative estimate of drug-likeness (QED) is 0.0720. The van der Waals surface area contributed by atoms with Crippen LogP contribution in [0.5, 0.6) is 0 Å². The monoisotopic (exact) mass is 733 g/mol. The van der Waals surface area contributed by atoms with Crippen LogP contribution in [-0.2, 0) is 14.3 Å². The van der Waals surface area contributed by atoms with E-state index in [0.717, 1.165) is 10.0 Å². The van der Waals surface area contributed by atoms with Gasteiger partial charge in [0.2, 0.25) is 5.69 Å². The Balaban J connectivity index is 0.000000300. The maximum atomic E-state index is 11.1. The summed E-state index contributed by atoms with van der Waals surface area (Å²) >= 11 is 6.54. The van der Waals surface area contributed by atoms with Crippen molar-refractivity contribution in [2.24, 2.45) is 5.34 Å². The van der Waals surface area contributed by atoms with E-state index in [1.807, 2.05) is 13.0 Å². The van der Waals surface area contributed by atoms with Crippen LogP contribution in [0, 0.1) is 18.4 Å². The molecule has 44 heavy (non-hydrogen) atoms. The van der Waals surface area contributed by atoms with E-state index in [1.54, 1.807) is 57.2 Å². The van der Waals surface area contributed by atoms with Crippen LogP contribution in [0.2, 0.25) is 0 Å². The van der Waals surface area contributed by atoms with Crippen LogP contribution in [0.15, 0.2) is 74.9 Å². The number of ether oxygens (including phenoxy) is 2. The molecule has 1 aliphatic rings. The third-order valence-electron chi connectivity index (χ3n) is 5.15. The number of fused-ring (bicyclic) bond motifs is 1. The number of halogens is 2. The Morgan fingerprint density at radius 3 is 1.68 bits per heavy atom. The molecule has 1 N–H and O–H groups in total. The van der Waals surface area contributed by atoms with Gasteiger partial charge in [0, 0.05) is 14.5 Å². The molecule has 0 aliphatic carbocycles. The van der Waals surface area contributed by atoms with Gasteiger partial charge in [0.1, 0.15) is 5.60 Å². The van der Waals surface area contributed by atoms with Crippen molar-refractivity contribution >= 4 is 61.3 Å². The molecule has 0 radical (unpaired) electrons.